The fourth-order valence-electron chi connectivity index (χ4n) is 2.68. The summed E-state index contributed by atoms with van der Waals surface area (Å²) in [5, 5.41) is 2.98. The molecule has 1 aromatic carbocycles. The third-order valence-corrected chi connectivity index (χ3v) is 4.88. The highest BCUT2D eigenvalue weighted by atomic mass is 79.9. The molecule has 0 aliphatic carbocycles. The van der Waals surface area contributed by atoms with Gasteiger partial charge in [0.15, 0.2) is 0 Å². The molecule has 0 atom stereocenters. The summed E-state index contributed by atoms with van der Waals surface area (Å²) < 4.78 is 33.9. The summed E-state index contributed by atoms with van der Waals surface area (Å²) in [6.07, 6.45) is 1.65. The lowest BCUT2D eigenvalue weighted by Crippen LogP contribution is -2.26. The van der Waals surface area contributed by atoms with Gasteiger partial charge in [0.2, 0.25) is 5.88 Å². The SMILES string of the molecule is CNc1nc(C)ncc1Cn1c(C)nc(OCc2ccc(F)cc2F)c(Br)c1=O. The Labute approximate surface area is 173 Å². The molecule has 29 heavy (non-hydrogen) atoms. The molecule has 0 saturated carbocycles. The first kappa shape index (κ1) is 20.8. The second kappa shape index (κ2) is 8.64. The maximum absolute atomic E-state index is 13.8. The first-order valence-electron chi connectivity index (χ1n) is 8.64. The average molecular weight is 466 g/mol. The Morgan fingerprint density at radius 2 is 1.97 bits per heavy atom. The van der Waals surface area contributed by atoms with E-state index in [1.165, 1.54) is 10.6 Å². The molecule has 0 aliphatic heterocycles. The number of nitrogens with zero attached hydrogens (tertiary/aromatic N) is 4. The van der Waals surface area contributed by atoms with E-state index in [4.69, 9.17) is 4.74 Å². The molecule has 0 fully saturated rings. The second-order valence-electron chi connectivity index (χ2n) is 6.23. The number of hydrogen-bond donors (Lipinski definition) is 1. The molecule has 2 heterocycles. The van der Waals surface area contributed by atoms with Crippen LogP contribution in [0.25, 0.3) is 0 Å². The number of benzene rings is 1. The van der Waals surface area contributed by atoms with Crippen LogP contribution in [0.5, 0.6) is 5.88 Å². The van der Waals surface area contributed by atoms with Gasteiger partial charge in [0.05, 0.1) is 6.54 Å². The lowest BCUT2D eigenvalue weighted by atomic mass is 10.2. The third-order valence-electron chi connectivity index (χ3n) is 4.20. The average Bonchev–Trinajstić information content (AvgIpc) is 2.68. The van der Waals surface area contributed by atoms with Crippen LogP contribution in [0.2, 0.25) is 0 Å². The number of hydrogen-bond acceptors (Lipinski definition) is 6. The molecule has 0 saturated heterocycles. The Kier molecular flexibility index (Phi) is 6.21. The number of aromatic nitrogens is 4. The topological polar surface area (TPSA) is 81.9 Å². The molecule has 152 valence electrons. The number of ether oxygens (including phenoxy) is 1. The number of rotatable bonds is 6. The molecule has 3 aromatic rings. The third kappa shape index (κ3) is 4.58. The zero-order valence-corrected chi connectivity index (χ0v) is 17.5. The number of anilines is 1. The van der Waals surface area contributed by atoms with Crippen molar-refractivity contribution in [3.8, 4) is 5.88 Å². The van der Waals surface area contributed by atoms with Crippen LogP contribution in [-0.4, -0.2) is 26.6 Å². The van der Waals surface area contributed by atoms with Gasteiger partial charge in [0.1, 0.15) is 40.2 Å². The van der Waals surface area contributed by atoms with E-state index in [1.54, 1.807) is 27.1 Å². The van der Waals surface area contributed by atoms with Gasteiger partial charge in [-0.25, -0.2) is 18.7 Å². The van der Waals surface area contributed by atoms with Crippen molar-refractivity contribution in [2.45, 2.75) is 27.0 Å². The van der Waals surface area contributed by atoms with Crippen molar-refractivity contribution in [2.75, 3.05) is 12.4 Å². The van der Waals surface area contributed by atoms with E-state index in [2.05, 4.69) is 36.2 Å². The zero-order valence-electron chi connectivity index (χ0n) is 16.0. The Hall–Kier alpha value is -2.88. The van der Waals surface area contributed by atoms with Crippen LogP contribution in [0.4, 0.5) is 14.6 Å². The van der Waals surface area contributed by atoms with E-state index in [0.717, 1.165) is 17.7 Å². The summed E-state index contributed by atoms with van der Waals surface area (Å²) in [6.45, 7) is 3.44. The number of aryl methyl sites for hydroxylation is 2. The fraction of sp³-hybridized carbons (Fsp3) is 0.263. The second-order valence-corrected chi connectivity index (χ2v) is 7.03. The van der Waals surface area contributed by atoms with Gasteiger partial charge in [0, 0.05) is 30.4 Å². The smallest absolute Gasteiger partial charge is 0.272 e. The van der Waals surface area contributed by atoms with Gasteiger partial charge in [0.25, 0.3) is 5.56 Å². The van der Waals surface area contributed by atoms with Crippen molar-refractivity contribution in [1.82, 2.24) is 19.5 Å². The fourth-order valence-corrected chi connectivity index (χ4v) is 3.09. The van der Waals surface area contributed by atoms with Gasteiger partial charge in [-0.1, -0.05) is 0 Å². The predicted molar refractivity (Wildman–Crippen MR) is 107 cm³/mol. The van der Waals surface area contributed by atoms with Crippen LogP contribution >= 0.6 is 15.9 Å². The molecule has 0 unspecified atom stereocenters. The van der Waals surface area contributed by atoms with E-state index in [-0.39, 0.29) is 34.6 Å². The number of nitrogens with one attached hydrogen (secondary N) is 1. The molecule has 0 amide bonds. The van der Waals surface area contributed by atoms with Gasteiger partial charge < -0.3 is 10.1 Å². The molecular formula is C19H18BrF2N5O2. The van der Waals surface area contributed by atoms with Crippen molar-refractivity contribution in [3.63, 3.8) is 0 Å². The first-order valence-corrected chi connectivity index (χ1v) is 9.43. The lowest BCUT2D eigenvalue weighted by molar-refractivity contribution is 0.282. The van der Waals surface area contributed by atoms with E-state index in [1.807, 2.05) is 0 Å². The van der Waals surface area contributed by atoms with E-state index in [9.17, 15) is 13.6 Å². The highest BCUT2D eigenvalue weighted by Gasteiger charge is 2.16. The molecule has 3 rings (SSSR count). The Morgan fingerprint density at radius 3 is 2.66 bits per heavy atom. The summed E-state index contributed by atoms with van der Waals surface area (Å²) in [5.41, 5.74) is 0.506. The molecule has 10 heteroatoms. The van der Waals surface area contributed by atoms with Crippen LogP contribution in [-0.2, 0) is 13.2 Å². The quantitative estimate of drug-likeness (QED) is 0.600. The molecule has 2 aromatic heterocycles. The van der Waals surface area contributed by atoms with E-state index < -0.39 is 11.6 Å². The van der Waals surface area contributed by atoms with Crippen molar-refractivity contribution in [3.05, 3.63) is 73.6 Å². The van der Waals surface area contributed by atoms with E-state index >= 15 is 0 Å². The molecule has 0 radical (unpaired) electrons. The summed E-state index contributed by atoms with van der Waals surface area (Å²) in [5.74, 6) is 0.248. The van der Waals surface area contributed by atoms with Gasteiger partial charge >= 0.3 is 0 Å². The minimum atomic E-state index is -0.731. The Morgan fingerprint density at radius 1 is 1.21 bits per heavy atom. The van der Waals surface area contributed by atoms with Crippen molar-refractivity contribution < 1.29 is 13.5 Å². The van der Waals surface area contributed by atoms with Gasteiger partial charge in [-0.3, -0.25) is 9.36 Å². The molecular weight excluding hydrogens is 448 g/mol. The molecule has 0 spiro atoms. The Balaban J connectivity index is 1.87. The Bertz CT molecular complexity index is 1120. The predicted octanol–water partition coefficient (Wildman–Crippen LogP) is 3.36. The van der Waals surface area contributed by atoms with Crippen LogP contribution < -0.4 is 15.6 Å². The normalized spacial score (nSPS) is 10.8. The maximum atomic E-state index is 13.8. The minimum Gasteiger partial charge on any atom is -0.472 e. The summed E-state index contributed by atoms with van der Waals surface area (Å²) in [7, 11) is 1.74. The number of halogens is 3. The van der Waals surface area contributed by atoms with Crippen molar-refractivity contribution >= 4 is 21.7 Å². The van der Waals surface area contributed by atoms with Gasteiger partial charge in [-0.15, -0.1) is 0 Å². The monoisotopic (exact) mass is 465 g/mol. The summed E-state index contributed by atoms with van der Waals surface area (Å²) >= 11 is 3.21. The van der Waals surface area contributed by atoms with Gasteiger partial charge in [-0.05, 0) is 41.9 Å². The standard InChI is InChI=1S/C19H18BrF2N5O2/c1-10-24-7-13(17(23-3)25-10)8-27-11(2)26-18(16(20)19(27)28)29-9-12-4-5-14(21)6-15(12)22/h4-7H,8-9H2,1-3H3,(H,23,24,25). The highest BCUT2D eigenvalue weighted by molar-refractivity contribution is 9.10. The van der Waals surface area contributed by atoms with Crippen molar-refractivity contribution in [2.24, 2.45) is 0 Å². The van der Waals surface area contributed by atoms with Crippen molar-refractivity contribution in [1.29, 1.82) is 0 Å². The van der Waals surface area contributed by atoms with Crippen LogP contribution in [0.15, 0.2) is 33.7 Å². The largest absolute Gasteiger partial charge is 0.472 e. The van der Waals surface area contributed by atoms with Crippen LogP contribution in [0, 0.1) is 25.5 Å². The molecule has 0 aliphatic rings. The van der Waals surface area contributed by atoms with E-state index in [0.29, 0.717) is 17.5 Å². The van der Waals surface area contributed by atoms with Gasteiger partial charge in [-0.2, -0.15) is 4.98 Å². The molecule has 7 nitrogen and oxygen atoms in total. The van der Waals surface area contributed by atoms with Crippen LogP contribution in [0.1, 0.15) is 22.8 Å². The first-order chi connectivity index (χ1) is 13.8. The summed E-state index contributed by atoms with van der Waals surface area (Å²) in [6, 6.07) is 3.19. The minimum absolute atomic E-state index is 0.0291. The summed E-state index contributed by atoms with van der Waals surface area (Å²) in [4.78, 5) is 25.6. The maximum Gasteiger partial charge on any atom is 0.272 e. The van der Waals surface area contributed by atoms with Crippen LogP contribution in [0.3, 0.4) is 0 Å². The molecule has 1 N–H and O–H groups in total. The molecule has 0 bridgehead atoms. The lowest BCUT2D eigenvalue weighted by Gasteiger charge is -2.15. The highest BCUT2D eigenvalue weighted by Crippen LogP contribution is 2.22. The zero-order chi connectivity index (χ0) is 21.1.